The summed E-state index contributed by atoms with van der Waals surface area (Å²) in [5.74, 6) is -1.93. The summed E-state index contributed by atoms with van der Waals surface area (Å²) < 4.78 is 53.3. The third-order valence-corrected chi connectivity index (χ3v) is 2.59. The van der Waals surface area contributed by atoms with Crippen LogP contribution in [0.25, 0.3) is 5.69 Å². The number of nitrogens with zero attached hydrogens (tertiary/aromatic N) is 1. The SMILES string of the molecule is O=c1[nH]c(Cl)c(F)c(=O)n1-c1ccc(OC(F)(F)F)cc1. The minimum absolute atomic E-state index is 0.147. The molecule has 0 unspecified atom stereocenters. The topological polar surface area (TPSA) is 64.1 Å². The Morgan fingerprint density at radius 2 is 1.71 bits per heavy atom. The van der Waals surface area contributed by atoms with Crippen molar-refractivity contribution in [1.29, 1.82) is 0 Å². The summed E-state index contributed by atoms with van der Waals surface area (Å²) in [5, 5.41) is -0.752. The molecule has 1 heterocycles. The number of aromatic amines is 1. The van der Waals surface area contributed by atoms with Gasteiger partial charge in [0, 0.05) is 0 Å². The van der Waals surface area contributed by atoms with Crippen molar-refractivity contribution in [2.45, 2.75) is 6.36 Å². The third-order valence-electron chi connectivity index (χ3n) is 2.33. The summed E-state index contributed by atoms with van der Waals surface area (Å²) >= 11 is 5.29. The fourth-order valence-electron chi connectivity index (χ4n) is 1.52. The molecule has 10 heteroatoms. The lowest BCUT2D eigenvalue weighted by Crippen LogP contribution is -2.35. The van der Waals surface area contributed by atoms with Crippen LogP contribution in [0.1, 0.15) is 0 Å². The molecule has 0 aliphatic carbocycles. The highest BCUT2D eigenvalue weighted by molar-refractivity contribution is 6.29. The van der Waals surface area contributed by atoms with E-state index >= 15 is 0 Å². The zero-order chi connectivity index (χ0) is 15.8. The molecule has 0 fully saturated rings. The van der Waals surface area contributed by atoms with Gasteiger partial charge in [-0.05, 0) is 24.3 Å². The number of alkyl halides is 3. The Labute approximate surface area is 118 Å². The maximum atomic E-state index is 13.3. The Morgan fingerprint density at radius 1 is 1.14 bits per heavy atom. The van der Waals surface area contributed by atoms with Crippen LogP contribution < -0.4 is 16.0 Å². The van der Waals surface area contributed by atoms with E-state index in [2.05, 4.69) is 4.74 Å². The Kier molecular flexibility index (Phi) is 3.77. The van der Waals surface area contributed by atoms with Crippen molar-refractivity contribution in [2.75, 3.05) is 0 Å². The molecule has 1 N–H and O–H groups in total. The van der Waals surface area contributed by atoms with Crippen LogP contribution >= 0.6 is 11.6 Å². The van der Waals surface area contributed by atoms with E-state index < -0.39 is 34.3 Å². The van der Waals surface area contributed by atoms with Gasteiger partial charge in [0.2, 0.25) is 5.82 Å². The highest BCUT2D eigenvalue weighted by Gasteiger charge is 2.31. The molecule has 1 aromatic carbocycles. The fraction of sp³-hybridized carbons (Fsp3) is 0.0909. The van der Waals surface area contributed by atoms with Crippen molar-refractivity contribution in [3.05, 3.63) is 56.1 Å². The van der Waals surface area contributed by atoms with Gasteiger partial charge in [-0.1, -0.05) is 11.6 Å². The lowest BCUT2D eigenvalue weighted by Gasteiger charge is -2.10. The average Bonchev–Trinajstić information content (AvgIpc) is 2.36. The number of hydrogen-bond acceptors (Lipinski definition) is 3. The van der Waals surface area contributed by atoms with E-state index in [0.717, 1.165) is 24.3 Å². The van der Waals surface area contributed by atoms with Crippen LogP contribution in [0, 0.1) is 5.82 Å². The molecule has 2 aromatic rings. The van der Waals surface area contributed by atoms with Crippen molar-refractivity contribution in [1.82, 2.24) is 9.55 Å². The second kappa shape index (κ2) is 5.24. The van der Waals surface area contributed by atoms with Gasteiger partial charge >= 0.3 is 12.1 Å². The molecule has 0 spiro atoms. The first-order valence-electron chi connectivity index (χ1n) is 5.25. The molecule has 2 rings (SSSR count). The van der Waals surface area contributed by atoms with Gasteiger partial charge in [-0.3, -0.25) is 9.78 Å². The minimum Gasteiger partial charge on any atom is -0.406 e. The lowest BCUT2D eigenvalue weighted by molar-refractivity contribution is -0.274. The van der Waals surface area contributed by atoms with Crippen LogP contribution in [0.15, 0.2) is 33.9 Å². The van der Waals surface area contributed by atoms with E-state index in [1.165, 1.54) is 0 Å². The first-order valence-corrected chi connectivity index (χ1v) is 5.63. The Balaban J connectivity index is 2.48. The molecule has 5 nitrogen and oxygen atoms in total. The highest BCUT2D eigenvalue weighted by atomic mass is 35.5. The van der Waals surface area contributed by atoms with E-state index in [1.54, 1.807) is 0 Å². The first-order chi connectivity index (χ1) is 9.69. The summed E-state index contributed by atoms with van der Waals surface area (Å²) in [4.78, 5) is 25.1. The van der Waals surface area contributed by atoms with Gasteiger partial charge in [-0.25, -0.2) is 9.36 Å². The Hall–Kier alpha value is -2.29. The van der Waals surface area contributed by atoms with Crippen molar-refractivity contribution in [3.63, 3.8) is 0 Å². The molecule has 112 valence electrons. The number of hydrogen-bond donors (Lipinski definition) is 1. The van der Waals surface area contributed by atoms with Crippen molar-refractivity contribution in [2.24, 2.45) is 0 Å². The van der Waals surface area contributed by atoms with Crippen LogP contribution in [0.4, 0.5) is 17.6 Å². The number of nitrogens with one attached hydrogen (secondary N) is 1. The largest absolute Gasteiger partial charge is 0.573 e. The Bertz CT molecular complexity index is 780. The molecular formula is C11H5ClF4N2O3. The smallest absolute Gasteiger partial charge is 0.406 e. The number of benzene rings is 1. The number of rotatable bonds is 2. The van der Waals surface area contributed by atoms with Crippen molar-refractivity contribution < 1.29 is 22.3 Å². The first kappa shape index (κ1) is 15.1. The number of aromatic nitrogens is 2. The number of ether oxygens (including phenoxy) is 1. The molecule has 0 atom stereocenters. The zero-order valence-corrected chi connectivity index (χ0v) is 10.6. The lowest BCUT2D eigenvalue weighted by atomic mass is 10.3. The van der Waals surface area contributed by atoms with E-state index in [4.69, 9.17) is 11.6 Å². The molecule has 0 aliphatic rings. The fourth-order valence-corrected chi connectivity index (χ4v) is 1.68. The van der Waals surface area contributed by atoms with E-state index in [0.29, 0.717) is 4.57 Å². The predicted molar refractivity (Wildman–Crippen MR) is 64.3 cm³/mol. The predicted octanol–water partition coefficient (Wildman–Crippen LogP) is 2.22. The van der Waals surface area contributed by atoms with E-state index in [-0.39, 0.29) is 5.69 Å². The van der Waals surface area contributed by atoms with Crippen LogP contribution in [0.3, 0.4) is 0 Å². The molecule has 21 heavy (non-hydrogen) atoms. The van der Waals surface area contributed by atoms with Gasteiger partial charge in [0.25, 0.3) is 5.56 Å². The second-order valence-electron chi connectivity index (χ2n) is 3.74. The van der Waals surface area contributed by atoms with Crippen LogP contribution in [-0.2, 0) is 0 Å². The van der Waals surface area contributed by atoms with Gasteiger partial charge in [-0.15, -0.1) is 13.2 Å². The monoisotopic (exact) mass is 324 g/mol. The quantitative estimate of drug-likeness (QED) is 0.680. The maximum Gasteiger partial charge on any atom is 0.573 e. The van der Waals surface area contributed by atoms with Crippen LogP contribution in [0.2, 0.25) is 5.15 Å². The molecule has 0 bridgehead atoms. The summed E-state index contributed by atoms with van der Waals surface area (Å²) in [7, 11) is 0. The standard InChI is InChI=1S/C11H5ClF4N2O3/c12-8-7(13)9(19)18(10(20)17-8)5-1-3-6(4-2-5)21-11(14,15)16/h1-4H,(H,17,20). The molecule has 0 aliphatic heterocycles. The summed E-state index contributed by atoms with van der Waals surface area (Å²) in [5.41, 5.74) is -2.50. The van der Waals surface area contributed by atoms with E-state index in [1.807, 2.05) is 4.98 Å². The summed E-state index contributed by atoms with van der Waals surface area (Å²) in [6.45, 7) is 0. The average molecular weight is 325 g/mol. The molecule has 0 amide bonds. The maximum absolute atomic E-state index is 13.3. The van der Waals surface area contributed by atoms with Crippen molar-refractivity contribution >= 4 is 11.6 Å². The Morgan fingerprint density at radius 3 is 2.24 bits per heavy atom. The van der Waals surface area contributed by atoms with Gasteiger partial charge in [0.1, 0.15) is 5.75 Å². The van der Waals surface area contributed by atoms with Gasteiger partial charge in [0.15, 0.2) is 5.15 Å². The van der Waals surface area contributed by atoms with Crippen LogP contribution in [-0.4, -0.2) is 15.9 Å². The second-order valence-corrected chi connectivity index (χ2v) is 4.12. The minimum atomic E-state index is -4.87. The van der Waals surface area contributed by atoms with E-state index in [9.17, 15) is 27.2 Å². The normalized spacial score (nSPS) is 11.5. The molecule has 0 saturated carbocycles. The molecular weight excluding hydrogens is 320 g/mol. The molecule has 1 aromatic heterocycles. The van der Waals surface area contributed by atoms with Crippen LogP contribution in [0.5, 0.6) is 5.75 Å². The number of halogens is 5. The van der Waals surface area contributed by atoms with Gasteiger partial charge < -0.3 is 4.74 Å². The highest BCUT2D eigenvalue weighted by Crippen LogP contribution is 2.23. The molecule has 0 radical (unpaired) electrons. The summed E-state index contributed by atoms with van der Waals surface area (Å²) in [6, 6.07) is 3.73. The third kappa shape index (κ3) is 3.24. The molecule has 0 saturated heterocycles. The summed E-state index contributed by atoms with van der Waals surface area (Å²) in [6.07, 6.45) is -4.87. The zero-order valence-electron chi connectivity index (χ0n) is 9.87. The van der Waals surface area contributed by atoms with Crippen molar-refractivity contribution in [3.8, 4) is 11.4 Å². The van der Waals surface area contributed by atoms with Gasteiger partial charge in [-0.2, -0.15) is 4.39 Å². The number of H-pyrrole nitrogens is 1. The van der Waals surface area contributed by atoms with Gasteiger partial charge in [0.05, 0.1) is 5.69 Å².